The Hall–Kier alpha value is -1.37. The Morgan fingerprint density at radius 1 is 1.50 bits per heavy atom. The van der Waals surface area contributed by atoms with E-state index in [2.05, 4.69) is 5.32 Å². The lowest BCUT2D eigenvalue weighted by Gasteiger charge is -2.28. The third-order valence-electron chi connectivity index (χ3n) is 3.40. The molecule has 1 saturated heterocycles. The van der Waals surface area contributed by atoms with E-state index in [4.69, 9.17) is 9.15 Å². The molecule has 2 atom stereocenters. The normalized spacial score (nSPS) is 18.8. The molecular weight excluding hydrogens is 260 g/mol. The highest BCUT2D eigenvalue weighted by molar-refractivity contribution is 5.76. The Bertz CT molecular complexity index is 401. The monoisotopic (exact) mass is 282 g/mol. The molecule has 0 spiro atoms. The van der Waals surface area contributed by atoms with Gasteiger partial charge in [0, 0.05) is 25.6 Å². The number of rotatable bonds is 6. The first-order valence-electron chi connectivity index (χ1n) is 6.96. The van der Waals surface area contributed by atoms with Gasteiger partial charge >= 0.3 is 0 Å². The molecule has 20 heavy (non-hydrogen) atoms. The van der Waals surface area contributed by atoms with Crippen molar-refractivity contribution in [1.29, 1.82) is 0 Å². The maximum absolute atomic E-state index is 12.1. The first-order valence-corrected chi connectivity index (χ1v) is 6.96. The van der Waals surface area contributed by atoms with E-state index >= 15 is 0 Å². The highest BCUT2D eigenvalue weighted by atomic mass is 16.5. The largest absolute Gasteiger partial charge is 0.468 e. The first kappa shape index (κ1) is 15.0. The van der Waals surface area contributed by atoms with Crippen LogP contribution in [0.2, 0.25) is 0 Å². The summed E-state index contributed by atoms with van der Waals surface area (Å²) in [6, 6.07) is 3.28. The molecule has 1 aliphatic heterocycles. The molecule has 1 amide bonds. The number of nitrogens with one attached hydrogen (secondary N) is 1. The SMILES string of the molecule is CC(CC(=O)N1CCOCC1)NC(CO)c1ccco1. The van der Waals surface area contributed by atoms with E-state index in [1.165, 1.54) is 0 Å². The molecule has 1 aromatic rings. The van der Waals surface area contributed by atoms with Crippen molar-refractivity contribution in [3.05, 3.63) is 24.2 Å². The zero-order chi connectivity index (χ0) is 14.4. The topological polar surface area (TPSA) is 74.9 Å². The fourth-order valence-electron chi connectivity index (χ4n) is 2.32. The standard InChI is InChI=1S/C14H22N2O4/c1-11(9-14(18)16-4-7-19-8-5-16)15-12(10-17)13-3-2-6-20-13/h2-3,6,11-12,15,17H,4-5,7-10H2,1H3. The van der Waals surface area contributed by atoms with Gasteiger partial charge in [-0.3, -0.25) is 4.79 Å². The van der Waals surface area contributed by atoms with E-state index in [0.29, 0.717) is 38.5 Å². The summed E-state index contributed by atoms with van der Waals surface area (Å²) in [4.78, 5) is 13.9. The highest BCUT2D eigenvalue weighted by Gasteiger charge is 2.21. The Morgan fingerprint density at radius 3 is 2.85 bits per heavy atom. The molecule has 2 unspecified atom stereocenters. The van der Waals surface area contributed by atoms with Gasteiger partial charge in [0.2, 0.25) is 5.91 Å². The summed E-state index contributed by atoms with van der Waals surface area (Å²) < 4.78 is 10.5. The average molecular weight is 282 g/mol. The lowest BCUT2D eigenvalue weighted by atomic mass is 10.1. The zero-order valence-electron chi connectivity index (χ0n) is 11.7. The molecule has 0 aromatic carbocycles. The van der Waals surface area contributed by atoms with Crippen molar-refractivity contribution in [2.45, 2.75) is 25.4 Å². The van der Waals surface area contributed by atoms with Crippen molar-refractivity contribution in [2.24, 2.45) is 0 Å². The van der Waals surface area contributed by atoms with Crippen molar-refractivity contribution in [1.82, 2.24) is 10.2 Å². The average Bonchev–Trinajstić information content (AvgIpc) is 2.99. The molecule has 6 heteroatoms. The Balaban J connectivity index is 1.81. The summed E-state index contributed by atoms with van der Waals surface area (Å²) in [5.41, 5.74) is 0. The van der Waals surface area contributed by atoms with Crippen LogP contribution in [0.1, 0.15) is 25.1 Å². The number of hydrogen-bond donors (Lipinski definition) is 2. The van der Waals surface area contributed by atoms with E-state index in [1.54, 1.807) is 12.3 Å². The summed E-state index contributed by atoms with van der Waals surface area (Å²) in [6.07, 6.45) is 1.97. The minimum atomic E-state index is -0.280. The van der Waals surface area contributed by atoms with E-state index in [1.807, 2.05) is 17.9 Å². The molecule has 0 radical (unpaired) electrons. The van der Waals surface area contributed by atoms with Crippen molar-refractivity contribution in [3.8, 4) is 0 Å². The third kappa shape index (κ3) is 4.06. The summed E-state index contributed by atoms with van der Waals surface area (Å²) >= 11 is 0. The summed E-state index contributed by atoms with van der Waals surface area (Å²) in [5.74, 6) is 0.794. The second kappa shape index (κ2) is 7.42. The molecule has 0 saturated carbocycles. The van der Waals surface area contributed by atoms with Gasteiger partial charge in [-0.2, -0.15) is 0 Å². The molecule has 2 rings (SSSR count). The van der Waals surface area contributed by atoms with E-state index in [9.17, 15) is 9.90 Å². The molecule has 2 N–H and O–H groups in total. The van der Waals surface area contributed by atoms with E-state index in [0.717, 1.165) is 0 Å². The summed E-state index contributed by atoms with van der Waals surface area (Å²) in [5, 5.41) is 12.6. The summed E-state index contributed by atoms with van der Waals surface area (Å²) in [7, 11) is 0. The zero-order valence-corrected chi connectivity index (χ0v) is 11.7. The second-order valence-electron chi connectivity index (χ2n) is 5.02. The van der Waals surface area contributed by atoms with Crippen LogP contribution in [0.25, 0.3) is 0 Å². The second-order valence-corrected chi connectivity index (χ2v) is 5.02. The predicted molar refractivity (Wildman–Crippen MR) is 73.1 cm³/mol. The maximum Gasteiger partial charge on any atom is 0.224 e. The lowest BCUT2D eigenvalue weighted by molar-refractivity contribution is -0.135. The highest BCUT2D eigenvalue weighted by Crippen LogP contribution is 2.14. The van der Waals surface area contributed by atoms with Crippen LogP contribution in [0.4, 0.5) is 0 Å². The molecule has 0 aliphatic carbocycles. The van der Waals surface area contributed by atoms with Crippen LogP contribution >= 0.6 is 0 Å². The molecule has 112 valence electrons. The van der Waals surface area contributed by atoms with Gasteiger partial charge in [-0.05, 0) is 19.1 Å². The number of ether oxygens (including phenoxy) is 1. The van der Waals surface area contributed by atoms with E-state index < -0.39 is 0 Å². The number of aliphatic hydroxyl groups excluding tert-OH is 1. The van der Waals surface area contributed by atoms with Gasteiger partial charge in [-0.15, -0.1) is 0 Å². The van der Waals surface area contributed by atoms with Crippen LogP contribution in [0, 0.1) is 0 Å². The molecular formula is C14H22N2O4. The molecule has 6 nitrogen and oxygen atoms in total. The quantitative estimate of drug-likeness (QED) is 0.796. The van der Waals surface area contributed by atoms with Gasteiger partial charge in [0.05, 0.1) is 32.1 Å². The molecule has 2 heterocycles. The fourth-order valence-corrected chi connectivity index (χ4v) is 2.32. The number of aliphatic hydroxyl groups is 1. The van der Waals surface area contributed by atoms with Crippen molar-refractivity contribution < 1.29 is 19.1 Å². The van der Waals surface area contributed by atoms with Crippen molar-refractivity contribution in [3.63, 3.8) is 0 Å². The number of nitrogens with zero attached hydrogens (tertiary/aromatic N) is 1. The van der Waals surface area contributed by atoms with Crippen LogP contribution in [0.15, 0.2) is 22.8 Å². The van der Waals surface area contributed by atoms with Crippen molar-refractivity contribution in [2.75, 3.05) is 32.9 Å². The number of amides is 1. The minimum Gasteiger partial charge on any atom is -0.468 e. The van der Waals surface area contributed by atoms with Crippen LogP contribution in [0.3, 0.4) is 0 Å². The third-order valence-corrected chi connectivity index (χ3v) is 3.40. The fraction of sp³-hybridized carbons (Fsp3) is 0.643. The number of carbonyl (C=O) groups is 1. The number of carbonyl (C=O) groups excluding carboxylic acids is 1. The van der Waals surface area contributed by atoms with E-state index in [-0.39, 0.29) is 24.6 Å². The minimum absolute atomic E-state index is 0.0346. The number of furan rings is 1. The number of hydrogen-bond acceptors (Lipinski definition) is 5. The molecule has 1 aromatic heterocycles. The Labute approximate surface area is 118 Å². The smallest absolute Gasteiger partial charge is 0.224 e. The Morgan fingerprint density at radius 2 is 2.25 bits per heavy atom. The van der Waals surface area contributed by atoms with Gasteiger partial charge in [0.15, 0.2) is 0 Å². The molecule has 1 aliphatic rings. The van der Waals surface area contributed by atoms with Gasteiger partial charge in [-0.1, -0.05) is 0 Å². The predicted octanol–water partition coefficient (Wildman–Crippen LogP) is 0.540. The van der Waals surface area contributed by atoms with Crippen LogP contribution in [0.5, 0.6) is 0 Å². The van der Waals surface area contributed by atoms with Crippen molar-refractivity contribution >= 4 is 5.91 Å². The van der Waals surface area contributed by atoms with Gasteiger partial charge in [0.1, 0.15) is 5.76 Å². The van der Waals surface area contributed by atoms with Crippen LogP contribution < -0.4 is 5.32 Å². The number of morpholine rings is 1. The first-order chi connectivity index (χ1) is 9.70. The molecule has 0 bridgehead atoms. The van der Waals surface area contributed by atoms with Crippen LogP contribution in [-0.4, -0.2) is 54.9 Å². The Kier molecular flexibility index (Phi) is 5.58. The lowest BCUT2D eigenvalue weighted by Crippen LogP contribution is -2.44. The summed E-state index contributed by atoms with van der Waals surface area (Å²) in [6.45, 7) is 4.41. The van der Waals surface area contributed by atoms with Gasteiger partial charge in [0.25, 0.3) is 0 Å². The molecule has 1 fully saturated rings. The van der Waals surface area contributed by atoms with Gasteiger partial charge in [-0.25, -0.2) is 0 Å². The maximum atomic E-state index is 12.1. The van der Waals surface area contributed by atoms with Crippen LogP contribution in [-0.2, 0) is 9.53 Å². The van der Waals surface area contributed by atoms with Gasteiger partial charge < -0.3 is 24.5 Å².